The lowest BCUT2D eigenvalue weighted by molar-refractivity contribution is 0.0945. The van der Waals surface area contributed by atoms with Crippen molar-refractivity contribution in [2.45, 2.75) is 13.0 Å². The molecule has 0 spiro atoms. The van der Waals surface area contributed by atoms with Crippen molar-refractivity contribution in [2.24, 2.45) is 0 Å². The molecule has 0 aliphatic heterocycles. The minimum atomic E-state index is -0.271. The topological polar surface area (TPSA) is 79.8 Å². The summed E-state index contributed by atoms with van der Waals surface area (Å²) in [5.41, 5.74) is 2.34. The van der Waals surface area contributed by atoms with Gasteiger partial charge in [0, 0.05) is 30.5 Å². The first-order valence-electron chi connectivity index (χ1n) is 8.20. The standard InChI is InChI=1S/C19H18ClN5O/c20-16-5-1-3-14(11-16)8-10-22-18-7-6-17(24-25-18)19(26)23-13-15-4-2-9-21-12-15/h1-7,9,11-12H,8,10,13H2,(H,22,25)(H,23,26). The molecule has 1 aromatic carbocycles. The van der Waals surface area contributed by atoms with Crippen molar-refractivity contribution in [3.05, 3.63) is 82.8 Å². The molecule has 0 unspecified atom stereocenters. The minimum Gasteiger partial charge on any atom is -0.368 e. The summed E-state index contributed by atoms with van der Waals surface area (Å²) < 4.78 is 0. The number of nitrogens with zero attached hydrogens (tertiary/aromatic N) is 3. The molecule has 0 saturated heterocycles. The molecule has 26 heavy (non-hydrogen) atoms. The van der Waals surface area contributed by atoms with Crippen LogP contribution < -0.4 is 10.6 Å². The van der Waals surface area contributed by atoms with E-state index in [2.05, 4.69) is 25.8 Å². The Morgan fingerprint density at radius 3 is 2.65 bits per heavy atom. The van der Waals surface area contributed by atoms with Gasteiger partial charge in [-0.1, -0.05) is 29.8 Å². The van der Waals surface area contributed by atoms with E-state index in [9.17, 15) is 4.79 Å². The van der Waals surface area contributed by atoms with Crippen molar-refractivity contribution in [3.63, 3.8) is 0 Å². The predicted octanol–water partition coefficient (Wildman–Crippen LogP) is 3.11. The van der Waals surface area contributed by atoms with Gasteiger partial charge in [0.2, 0.25) is 0 Å². The summed E-state index contributed by atoms with van der Waals surface area (Å²) in [6.45, 7) is 1.09. The summed E-state index contributed by atoms with van der Waals surface area (Å²) in [7, 11) is 0. The molecule has 0 bridgehead atoms. The van der Waals surface area contributed by atoms with Crippen LogP contribution in [-0.4, -0.2) is 27.6 Å². The summed E-state index contributed by atoms with van der Waals surface area (Å²) in [5.74, 6) is 0.350. The third-order valence-electron chi connectivity index (χ3n) is 3.68. The highest BCUT2D eigenvalue weighted by Crippen LogP contribution is 2.11. The number of hydrogen-bond acceptors (Lipinski definition) is 5. The van der Waals surface area contributed by atoms with Crippen LogP contribution in [0.3, 0.4) is 0 Å². The quantitative estimate of drug-likeness (QED) is 0.670. The molecule has 3 rings (SSSR count). The van der Waals surface area contributed by atoms with E-state index < -0.39 is 0 Å². The number of benzene rings is 1. The maximum Gasteiger partial charge on any atom is 0.272 e. The summed E-state index contributed by atoms with van der Waals surface area (Å²) in [6, 6.07) is 14.8. The van der Waals surface area contributed by atoms with Crippen LogP contribution in [0.25, 0.3) is 0 Å². The fourth-order valence-electron chi connectivity index (χ4n) is 2.35. The highest BCUT2D eigenvalue weighted by Gasteiger charge is 2.08. The molecule has 132 valence electrons. The number of rotatable bonds is 7. The molecule has 1 amide bonds. The summed E-state index contributed by atoms with van der Waals surface area (Å²) in [5, 5.41) is 14.7. The highest BCUT2D eigenvalue weighted by molar-refractivity contribution is 6.30. The zero-order valence-corrected chi connectivity index (χ0v) is 14.8. The Balaban J connectivity index is 1.47. The predicted molar refractivity (Wildman–Crippen MR) is 101 cm³/mol. The van der Waals surface area contributed by atoms with E-state index in [0.717, 1.165) is 22.6 Å². The molecular weight excluding hydrogens is 350 g/mol. The smallest absolute Gasteiger partial charge is 0.272 e. The molecule has 2 aromatic heterocycles. The van der Waals surface area contributed by atoms with Crippen LogP contribution in [0.1, 0.15) is 21.6 Å². The van der Waals surface area contributed by atoms with Crippen molar-refractivity contribution in [2.75, 3.05) is 11.9 Å². The summed E-state index contributed by atoms with van der Waals surface area (Å²) >= 11 is 5.97. The normalized spacial score (nSPS) is 10.3. The van der Waals surface area contributed by atoms with Gasteiger partial charge in [-0.15, -0.1) is 10.2 Å². The number of pyridine rings is 1. The first kappa shape index (κ1) is 17.8. The number of nitrogens with one attached hydrogen (secondary N) is 2. The fourth-order valence-corrected chi connectivity index (χ4v) is 2.56. The first-order chi connectivity index (χ1) is 12.7. The Bertz CT molecular complexity index is 855. The number of carbonyl (C=O) groups excluding carboxylic acids is 1. The molecule has 0 radical (unpaired) electrons. The van der Waals surface area contributed by atoms with Gasteiger partial charge >= 0.3 is 0 Å². The maximum absolute atomic E-state index is 12.1. The third kappa shape index (κ3) is 5.26. The van der Waals surface area contributed by atoms with E-state index >= 15 is 0 Å². The molecular formula is C19H18ClN5O. The van der Waals surface area contributed by atoms with Crippen molar-refractivity contribution in [1.29, 1.82) is 0 Å². The fraction of sp³-hybridized carbons (Fsp3) is 0.158. The zero-order valence-electron chi connectivity index (χ0n) is 14.0. The minimum absolute atomic E-state index is 0.271. The van der Waals surface area contributed by atoms with Crippen LogP contribution in [0.5, 0.6) is 0 Å². The second-order valence-electron chi connectivity index (χ2n) is 5.65. The zero-order chi connectivity index (χ0) is 18.2. The van der Waals surface area contributed by atoms with Crippen LogP contribution >= 0.6 is 11.6 Å². The molecule has 0 atom stereocenters. The summed E-state index contributed by atoms with van der Waals surface area (Å²) in [4.78, 5) is 16.1. The van der Waals surface area contributed by atoms with E-state index in [1.807, 2.05) is 36.4 Å². The molecule has 0 fully saturated rings. The second kappa shape index (κ2) is 8.92. The lowest BCUT2D eigenvalue weighted by atomic mass is 10.1. The molecule has 3 aromatic rings. The number of carbonyl (C=O) groups is 1. The van der Waals surface area contributed by atoms with Crippen LogP contribution in [0, 0.1) is 0 Å². The van der Waals surface area contributed by atoms with Crippen molar-refractivity contribution >= 4 is 23.3 Å². The molecule has 7 heteroatoms. The SMILES string of the molecule is O=C(NCc1cccnc1)c1ccc(NCCc2cccc(Cl)c2)nn1. The Morgan fingerprint density at radius 2 is 1.92 bits per heavy atom. The third-order valence-corrected chi connectivity index (χ3v) is 3.92. The van der Waals surface area contributed by atoms with Crippen molar-refractivity contribution < 1.29 is 4.79 Å². The molecule has 2 N–H and O–H groups in total. The van der Waals surface area contributed by atoms with Crippen LogP contribution in [0.2, 0.25) is 5.02 Å². The number of aromatic nitrogens is 3. The summed E-state index contributed by atoms with van der Waals surface area (Å²) in [6.07, 6.45) is 4.21. The van der Waals surface area contributed by atoms with Gasteiger partial charge in [-0.3, -0.25) is 9.78 Å². The van der Waals surface area contributed by atoms with Gasteiger partial charge in [0.05, 0.1) is 0 Å². The Hall–Kier alpha value is -2.99. The number of amides is 1. The van der Waals surface area contributed by atoms with Gasteiger partial charge in [-0.05, 0) is 47.9 Å². The van der Waals surface area contributed by atoms with E-state index in [0.29, 0.717) is 18.9 Å². The average molecular weight is 368 g/mol. The highest BCUT2D eigenvalue weighted by atomic mass is 35.5. The second-order valence-corrected chi connectivity index (χ2v) is 6.09. The van der Waals surface area contributed by atoms with Crippen molar-refractivity contribution in [3.8, 4) is 0 Å². The van der Waals surface area contributed by atoms with Gasteiger partial charge in [0.1, 0.15) is 5.82 Å². The lowest BCUT2D eigenvalue weighted by Crippen LogP contribution is -2.24. The lowest BCUT2D eigenvalue weighted by Gasteiger charge is -2.07. The number of anilines is 1. The average Bonchev–Trinajstić information content (AvgIpc) is 2.67. The van der Waals surface area contributed by atoms with Crippen LogP contribution in [0.4, 0.5) is 5.82 Å². The van der Waals surface area contributed by atoms with Gasteiger partial charge in [0.25, 0.3) is 5.91 Å². The van der Waals surface area contributed by atoms with E-state index in [4.69, 9.17) is 11.6 Å². The Morgan fingerprint density at radius 1 is 1.04 bits per heavy atom. The molecule has 0 aliphatic rings. The first-order valence-corrected chi connectivity index (χ1v) is 8.57. The largest absolute Gasteiger partial charge is 0.368 e. The number of halogens is 1. The van der Waals surface area contributed by atoms with Gasteiger partial charge in [0.15, 0.2) is 5.69 Å². The Labute approximate surface area is 156 Å². The van der Waals surface area contributed by atoms with Gasteiger partial charge in [-0.25, -0.2) is 0 Å². The van der Waals surface area contributed by atoms with Crippen molar-refractivity contribution in [1.82, 2.24) is 20.5 Å². The Kier molecular flexibility index (Phi) is 6.11. The maximum atomic E-state index is 12.1. The van der Waals surface area contributed by atoms with Crippen LogP contribution in [0.15, 0.2) is 60.9 Å². The van der Waals surface area contributed by atoms with Gasteiger partial charge in [-0.2, -0.15) is 0 Å². The molecule has 0 aliphatic carbocycles. The molecule has 0 saturated carbocycles. The molecule has 2 heterocycles. The molecule has 6 nitrogen and oxygen atoms in total. The van der Waals surface area contributed by atoms with Crippen LogP contribution in [-0.2, 0) is 13.0 Å². The van der Waals surface area contributed by atoms with E-state index in [1.54, 1.807) is 24.5 Å². The number of hydrogen-bond donors (Lipinski definition) is 2. The van der Waals surface area contributed by atoms with E-state index in [1.165, 1.54) is 0 Å². The van der Waals surface area contributed by atoms with E-state index in [-0.39, 0.29) is 11.6 Å². The van der Waals surface area contributed by atoms with Gasteiger partial charge < -0.3 is 10.6 Å². The monoisotopic (exact) mass is 367 g/mol.